The van der Waals surface area contributed by atoms with Gasteiger partial charge in [-0.05, 0) is 37.7 Å². The largest absolute Gasteiger partial charge is 0.0837 e. The standard InChI is InChI=1S/C14H24ClP/c1-9(2)10(15)11-12(13(3,4)5)16(11)14(6,7)8/h1-8H3. The summed E-state index contributed by atoms with van der Waals surface area (Å²) in [4.78, 5) is 0. The van der Waals surface area contributed by atoms with Crippen LogP contribution in [0.4, 0.5) is 0 Å². The molecule has 0 radical (unpaired) electrons. The molecule has 0 aromatic heterocycles. The first kappa shape index (κ1) is 14.3. The van der Waals surface area contributed by atoms with E-state index in [2.05, 4.69) is 55.4 Å². The van der Waals surface area contributed by atoms with E-state index in [-0.39, 0.29) is 13.3 Å². The Labute approximate surface area is 107 Å². The van der Waals surface area contributed by atoms with Gasteiger partial charge < -0.3 is 0 Å². The smallest absolute Gasteiger partial charge is 0.0476 e. The van der Waals surface area contributed by atoms with E-state index in [1.54, 1.807) is 5.31 Å². The minimum atomic E-state index is -0.135. The Hall–Kier alpha value is 0.200. The van der Waals surface area contributed by atoms with Crippen molar-refractivity contribution in [2.24, 2.45) is 5.41 Å². The maximum atomic E-state index is 6.45. The van der Waals surface area contributed by atoms with Gasteiger partial charge in [-0.3, -0.25) is 0 Å². The molecule has 1 rings (SSSR count). The molecule has 0 saturated heterocycles. The zero-order chi connectivity index (χ0) is 12.9. The summed E-state index contributed by atoms with van der Waals surface area (Å²) in [5.41, 5.74) is 1.51. The van der Waals surface area contributed by atoms with Crippen LogP contribution < -0.4 is 0 Å². The fourth-order valence-electron chi connectivity index (χ4n) is 1.97. The van der Waals surface area contributed by atoms with Crippen LogP contribution in [0.2, 0.25) is 0 Å². The van der Waals surface area contributed by atoms with Crippen LogP contribution in [0.3, 0.4) is 0 Å². The molecule has 0 N–H and O–H groups in total. The molecule has 0 amide bonds. The van der Waals surface area contributed by atoms with Gasteiger partial charge in [0.25, 0.3) is 0 Å². The second kappa shape index (κ2) is 4.14. The van der Waals surface area contributed by atoms with Gasteiger partial charge in [0.1, 0.15) is 0 Å². The molecule has 1 aliphatic rings. The predicted molar refractivity (Wildman–Crippen MR) is 77.4 cm³/mol. The molecule has 0 spiro atoms. The zero-order valence-electron chi connectivity index (χ0n) is 11.8. The molecule has 0 aliphatic carbocycles. The van der Waals surface area contributed by atoms with Gasteiger partial charge in [-0.15, -0.1) is 0 Å². The molecule has 1 atom stereocenters. The van der Waals surface area contributed by atoms with Gasteiger partial charge in [-0.25, -0.2) is 0 Å². The number of hydrogen-bond acceptors (Lipinski definition) is 0. The normalized spacial score (nSPS) is 21.2. The number of halogens is 1. The van der Waals surface area contributed by atoms with E-state index in [4.69, 9.17) is 11.6 Å². The molecule has 1 heterocycles. The van der Waals surface area contributed by atoms with Crippen LogP contribution in [0.15, 0.2) is 21.2 Å². The first-order valence-electron chi connectivity index (χ1n) is 5.86. The van der Waals surface area contributed by atoms with E-state index in [9.17, 15) is 0 Å². The Morgan fingerprint density at radius 1 is 1.00 bits per heavy atom. The lowest BCUT2D eigenvalue weighted by Crippen LogP contribution is -2.09. The van der Waals surface area contributed by atoms with Crippen molar-refractivity contribution in [3.05, 3.63) is 21.2 Å². The van der Waals surface area contributed by atoms with Gasteiger partial charge in [-0.1, -0.05) is 58.7 Å². The molecule has 1 unspecified atom stereocenters. The maximum Gasteiger partial charge on any atom is 0.0476 e. The highest BCUT2D eigenvalue weighted by atomic mass is 35.5. The molecule has 0 fully saturated rings. The minimum Gasteiger partial charge on any atom is -0.0837 e. The molecule has 0 saturated carbocycles. The molecule has 0 bridgehead atoms. The Bertz CT molecular complexity index is 357. The fourth-order valence-corrected chi connectivity index (χ4v) is 5.74. The highest BCUT2D eigenvalue weighted by molar-refractivity contribution is 7.75. The summed E-state index contributed by atoms with van der Waals surface area (Å²) in [6.07, 6.45) is 0. The van der Waals surface area contributed by atoms with Crippen LogP contribution in [0.25, 0.3) is 0 Å². The quantitative estimate of drug-likeness (QED) is 0.501. The van der Waals surface area contributed by atoms with Crippen LogP contribution in [0.5, 0.6) is 0 Å². The zero-order valence-corrected chi connectivity index (χ0v) is 13.5. The molecule has 0 aromatic carbocycles. The average Bonchev–Trinajstić information content (AvgIpc) is 2.73. The summed E-state index contributed by atoms with van der Waals surface area (Å²) in [7, 11) is -0.135. The third kappa shape index (κ3) is 2.71. The van der Waals surface area contributed by atoms with E-state index in [0.29, 0.717) is 5.16 Å². The molecule has 1 aliphatic heterocycles. The topological polar surface area (TPSA) is 0 Å². The van der Waals surface area contributed by atoms with E-state index in [1.165, 1.54) is 10.9 Å². The van der Waals surface area contributed by atoms with E-state index < -0.39 is 0 Å². The van der Waals surface area contributed by atoms with Crippen LogP contribution in [-0.4, -0.2) is 5.16 Å². The van der Waals surface area contributed by atoms with Crippen LogP contribution in [0.1, 0.15) is 55.4 Å². The third-order valence-electron chi connectivity index (χ3n) is 2.65. The van der Waals surface area contributed by atoms with E-state index >= 15 is 0 Å². The maximum absolute atomic E-state index is 6.45. The summed E-state index contributed by atoms with van der Waals surface area (Å²) >= 11 is 6.45. The van der Waals surface area contributed by atoms with E-state index in [0.717, 1.165) is 5.03 Å². The first-order valence-corrected chi connectivity index (χ1v) is 7.58. The summed E-state index contributed by atoms with van der Waals surface area (Å²) in [5, 5.41) is 4.45. The van der Waals surface area contributed by atoms with Crippen molar-refractivity contribution in [2.75, 3.05) is 0 Å². The molecular weight excluding hydrogens is 235 g/mol. The SMILES string of the molecule is CC(C)=C(Cl)C1=C(C(C)(C)C)P1C(C)(C)C. The van der Waals surface area contributed by atoms with Crippen LogP contribution in [0, 0.1) is 5.41 Å². The van der Waals surface area contributed by atoms with Crippen molar-refractivity contribution in [1.29, 1.82) is 0 Å². The van der Waals surface area contributed by atoms with Gasteiger partial charge in [-0.2, -0.15) is 0 Å². The lowest BCUT2D eigenvalue weighted by molar-refractivity contribution is 0.536. The Morgan fingerprint density at radius 3 is 1.62 bits per heavy atom. The van der Waals surface area contributed by atoms with Crippen LogP contribution >= 0.6 is 19.5 Å². The monoisotopic (exact) mass is 258 g/mol. The van der Waals surface area contributed by atoms with Crippen molar-refractivity contribution >= 4 is 19.5 Å². The second-order valence-corrected chi connectivity index (χ2v) is 10.1. The lowest BCUT2D eigenvalue weighted by atomic mass is 9.96. The average molecular weight is 259 g/mol. The predicted octanol–water partition coefficient (Wildman–Crippen LogP) is 6.07. The molecule has 2 heteroatoms. The van der Waals surface area contributed by atoms with E-state index in [1.807, 2.05) is 0 Å². The van der Waals surface area contributed by atoms with Crippen molar-refractivity contribution in [2.45, 2.75) is 60.5 Å². The van der Waals surface area contributed by atoms with Crippen molar-refractivity contribution in [3.63, 3.8) is 0 Å². The lowest BCUT2D eigenvalue weighted by Gasteiger charge is -2.24. The fraction of sp³-hybridized carbons (Fsp3) is 0.714. The van der Waals surface area contributed by atoms with Crippen molar-refractivity contribution in [1.82, 2.24) is 0 Å². The van der Waals surface area contributed by atoms with Gasteiger partial charge >= 0.3 is 0 Å². The van der Waals surface area contributed by atoms with Crippen molar-refractivity contribution in [3.8, 4) is 0 Å². The molecular formula is C14H24ClP. The molecule has 16 heavy (non-hydrogen) atoms. The highest BCUT2D eigenvalue weighted by Crippen LogP contribution is 2.82. The number of rotatable bonds is 1. The summed E-state index contributed by atoms with van der Waals surface area (Å²) in [6.45, 7) is 18.1. The Kier molecular flexibility index (Phi) is 3.69. The number of hydrogen-bond donors (Lipinski definition) is 0. The third-order valence-corrected chi connectivity index (χ3v) is 6.70. The van der Waals surface area contributed by atoms with Gasteiger partial charge in [0.05, 0.1) is 0 Å². The van der Waals surface area contributed by atoms with Gasteiger partial charge in [0.15, 0.2) is 0 Å². The molecule has 0 aromatic rings. The highest BCUT2D eigenvalue weighted by Gasteiger charge is 2.50. The summed E-state index contributed by atoms with van der Waals surface area (Å²) in [5.74, 6) is 0. The van der Waals surface area contributed by atoms with Crippen molar-refractivity contribution < 1.29 is 0 Å². The summed E-state index contributed by atoms with van der Waals surface area (Å²) < 4.78 is 0. The van der Waals surface area contributed by atoms with Crippen LogP contribution in [-0.2, 0) is 0 Å². The second-order valence-electron chi connectivity index (χ2n) is 6.77. The minimum absolute atomic E-state index is 0.135. The summed E-state index contributed by atoms with van der Waals surface area (Å²) in [6, 6.07) is 0. The molecule has 92 valence electrons. The Morgan fingerprint density at radius 2 is 1.44 bits per heavy atom. The van der Waals surface area contributed by atoms with Gasteiger partial charge in [0, 0.05) is 10.3 Å². The number of allylic oxidation sites excluding steroid dienone is 4. The first-order chi connectivity index (χ1) is 6.98. The van der Waals surface area contributed by atoms with Gasteiger partial charge in [0.2, 0.25) is 0 Å². The Balaban J connectivity index is 3.14. The molecule has 0 nitrogen and oxygen atoms in total.